The van der Waals surface area contributed by atoms with Crippen molar-refractivity contribution in [1.82, 2.24) is 5.32 Å². The van der Waals surface area contributed by atoms with E-state index < -0.39 is 5.60 Å². The average molecular weight is 481 g/mol. The summed E-state index contributed by atoms with van der Waals surface area (Å²) in [6.45, 7) is 6.84. The summed E-state index contributed by atoms with van der Waals surface area (Å²) in [5.41, 5.74) is 1.39. The molecule has 7 nitrogen and oxygen atoms in total. The summed E-state index contributed by atoms with van der Waals surface area (Å²) in [4.78, 5) is 13.1. The summed E-state index contributed by atoms with van der Waals surface area (Å²) < 4.78 is 23.1. The van der Waals surface area contributed by atoms with Gasteiger partial charge in [0, 0.05) is 11.8 Å². The van der Waals surface area contributed by atoms with E-state index in [1.807, 2.05) is 38.1 Å². The predicted octanol–water partition coefficient (Wildman–Crippen LogP) is 5.30. The van der Waals surface area contributed by atoms with Crippen molar-refractivity contribution in [2.45, 2.75) is 45.1 Å². The highest BCUT2D eigenvalue weighted by molar-refractivity contribution is 6.07. The van der Waals surface area contributed by atoms with Crippen LogP contribution in [0.15, 0.2) is 36.4 Å². The smallest absolute Gasteiger partial charge is 0.259 e. The summed E-state index contributed by atoms with van der Waals surface area (Å²) in [5.74, 6) is 2.93. The molecule has 1 saturated heterocycles. The van der Waals surface area contributed by atoms with E-state index in [2.05, 4.69) is 10.6 Å². The summed E-state index contributed by atoms with van der Waals surface area (Å²) >= 11 is 0. The second-order valence-corrected chi connectivity index (χ2v) is 9.60. The minimum atomic E-state index is -0.407. The Balaban J connectivity index is 1.40. The van der Waals surface area contributed by atoms with Crippen molar-refractivity contribution >= 4 is 17.7 Å². The minimum Gasteiger partial charge on any atom is -0.495 e. The quantitative estimate of drug-likeness (QED) is 0.475. The lowest BCUT2D eigenvalue weighted by Crippen LogP contribution is -2.28. The van der Waals surface area contributed by atoms with Crippen molar-refractivity contribution in [2.75, 3.05) is 39.2 Å². The number of fused-ring (bicyclic) bond motifs is 1. The second-order valence-electron chi connectivity index (χ2n) is 9.60. The maximum absolute atomic E-state index is 13.1. The number of hydrogen-bond donors (Lipinski definition) is 2. The van der Waals surface area contributed by atoms with Crippen LogP contribution >= 0.6 is 0 Å². The molecule has 7 heteroatoms. The van der Waals surface area contributed by atoms with Crippen LogP contribution in [0.25, 0.3) is 6.08 Å². The Morgan fingerprint density at radius 2 is 1.91 bits per heavy atom. The van der Waals surface area contributed by atoms with Gasteiger partial charge in [-0.3, -0.25) is 4.79 Å². The largest absolute Gasteiger partial charge is 0.495 e. The Morgan fingerprint density at radius 1 is 1.11 bits per heavy atom. The van der Waals surface area contributed by atoms with Gasteiger partial charge in [-0.1, -0.05) is 0 Å². The van der Waals surface area contributed by atoms with E-state index in [1.165, 1.54) is 19.3 Å². The van der Waals surface area contributed by atoms with E-state index in [4.69, 9.17) is 18.9 Å². The maximum Gasteiger partial charge on any atom is 0.259 e. The molecule has 0 spiro atoms. The Kier molecular flexibility index (Phi) is 7.86. The first-order valence-corrected chi connectivity index (χ1v) is 12.3. The fraction of sp³-hybridized carbons (Fsp3) is 0.464. The van der Waals surface area contributed by atoms with Gasteiger partial charge in [-0.15, -0.1) is 0 Å². The number of amides is 1. The molecule has 2 aliphatic heterocycles. The van der Waals surface area contributed by atoms with E-state index in [1.54, 1.807) is 32.4 Å². The van der Waals surface area contributed by atoms with Gasteiger partial charge in [0.25, 0.3) is 5.91 Å². The summed E-state index contributed by atoms with van der Waals surface area (Å²) in [6.07, 6.45) is 8.57. The summed E-state index contributed by atoms with van der Waals surface area (Å²) in [5, 5.41) is 6.35. The normalized spacial score (nSPS) is 16.7. The van der Waals surface area contributed by atoms with Gasteiger partial charge in [-0.05, 0) is 95.0 Å². The maximum atomic E-state index is 13.1. The monoisotopic (exact) mass is 480 g/mol. The first kappa shape index (κ1) is 24.9. The summed E-state index contributed by atoms with van der Waals surface area (Å²) in [7, 11) is 3.16. The highest BCUT2D eigenvalue weighted by Gasteiger charge is 2.26. The highest BCUT2D eigenvalue weighted by Crippen LogP contribution is 2.39. The van der Waals surface area contributed by atoms with Gasteiger partial charge in [-0.25, -0.2) is 0 Å². The lowest BCUT2D eigenvalue weighted by Gasteiger charge is -2.29. The lowest BCUT2D eigenvalue weighted by molar-refractivity contribution is 0.102. The van der Waals surface area contributed by atoms with Gasteiger partial charge in [0.1, 0.15) is 17.1 Å². The first-order chi connectivity index (χ1) is 16.9. The molecule has 2 heterocycles. The Labute approximate surface area is 207 Å². The number of rotatable bonds is 9. The van der Waals surface area contributed by atoms with E-state index in [-0.39, 0.29) is 5.91 Å². The number of carbonyl (C=O) groups is 1. The molecule has 0 aliphatic carbocycles. The van der Waals surface area contributed by atoms with Gasteiger partial charge in [0.2, 0.25) is 0 Å². The average Bonchev–Trinajstić information content (AvgIpc) is 2.86. The Bertz CT molecular complexity index is 1070. The molecular weight excluding hydrogens is 444 g/mol. The molecule has 2 aromatic carbocycles. The van der Waals surface area contributed by atoms with Gasteiger partial charge in [0.05, 0.1) is 32.0 Å². The minimum absolute atomic E-state index is 0.277. The fourth-order valence-corrected chi connectivity index (χ4v) is 4.62. The molecule has 35 heavy (non-hydrogen) atoms. The van der Waals surface area contributed by atoms with Crippen LogP contribution in [-0.2, 0) is 0 Å². The lowest BCUT2D eigenvalue weighted by atomic mass is 9.93. The van der Waals surface area contributed by atoms with Crippen LogP contribution in [0.5, 0.6) is 23.0 Å². The number of methoxy groups -OCH3 is 2. The zero-order valence-corrected chi connectivity index (χ0v) is 21.1. The van der Waals surface area contributed by atoms with Crippen molar-refractivity contribution in [3.05, 3.63) is 47.5 Å². The number of hydrogen-bond acceptors (Lipinski definition) is 6. The molecule has 4 rings (SSSR count). The van der Waals surface area contributed by atoms with Crippen LogP contribution in [0.1, 0.15) is 55.5 Å². The van der Waals surface area contributed by atoms with Crippen molar-refractivity contribution in [1.29, 1.82) is 0 Å². The van der Waals surface area contributed by atoms with Crippen LogP contribution in [0.2, 0.25) is 0 Å². The summed E-state index contributed by atoms with van der Waals surface area (Å²) in [6, 6.07) is 8.95. The molecule has 2 aliphatic rings. The highest BCUT2D eigenvalue weighted by atomic mass is 16.5. The van der Waals surface area contributed by atoms with Gasteiger partial charge >= 0.3 is 0 Å². The topological polar surface area (TPSA) is 78.1 Å². The van der Waals surface area contributed by atoms with Crippen LogP contribution < -0.4 is 29.6 Å². The van der Waals surface area contributed by atoms with Gasteiger partial charge in [0.15, 0.2) is 11.5 Å². The number of nitrogens with one attached hydrogen (secondary N) is 2. The van der Waals surface area contributed by atoms with Crippen LogP contribution in [-0.4, -0.2) is 45.4 Å². The molecule has 2 N–H and O–H groups in total. The number of ether oxygens (including phenoxy) is 4. The SMILES string of the molecule is COc1cc(NC(=O)c2ccc3c(c2OC)C=CC(C)(C)O3)ccc1OCCCC1CCNCC1. The van der Waals surface area contributed by atoms with Crippen LogP contribution in [0, 0.1) is 5.92 Å². The number of carbonyl (C=O) groups excluding carboxylic acids is 1. The van der Waals surface area contributed by atoms with Crippen molar-refractivity contribution in [2.24, 2.45) is 5.92 Å². The third-order valence-corrected chi connectivity index (χ3v) is 6.52. The standard InChI is InChI=1S/C28H36N2O5/c1-28(2)14-11-21-23(35-28)10-8-22(26(21)33-4)27(31)30-20-7-9-24(25(18-20)32-3)34-17-5-6-19-12-15-29-16-13-19/h7-11,14,18-19,29H,5-6,12-13,15-17H2,1-4H3,(H,30,31). The van der Waals surface area contributed by atoms with Crippen LogP contribution in [0.3, 0.4) is 0 Å². The van der Waals surface area contributed by atoms with E-state index in [0.717, 1.165) is 31.0 Å². The third kappa shape index (κ3) is 6.09. The molecule has 0 radical (unpaired) electrons. The number of benzene rings is 2. The zero-order chi connectivity index (χ0) is 24.8. The molecule has 0 bridgehead atoms. The molecule has 188 valence electrons. The van der Waals surface area contributed by atoms with Crippen molar-refractivity contribution < 1.29 is 23.7 Å². The van der Waals surface area contributed by atoms with E-state index >= 15 is 0 Å². The second kappa shape index (κ2) is 11.0. The van der Waals surface area contributed by atoms with Crippen molar-refractivity contribution in [3.8, 4) is 23.0 Å². The number of anilines is 1. The molecule has 1 fully saturated rings. The molecule has 0 aromatic heterocycles. The molecule has 0 saturated carbocycles. The Hall–Kier alpha value is -3.19. The molecule has 0 atom stereocenters. The molecular formula is C28H36N2O5. The fourth-order valence-electron chi connectivity index (χ4n) is 4.62. The van der Waals surface area contributed by atoms with Gasteiger partial charge in [-0.2, -0.15) is 0 Å². The van der Waals surface area contributed by atoms with Gasteiger partial charge < -0.3 is 29.6 Å². The first-order valence-electron chi connectivity index (χ1n) is 12.3. The van der Waals surface area contributed by atoms with Crippen molar-refractivity contribution in [3.63, 3.8) is 0 Å². The predicted molar refractivity (Wildman–Crippen MR) is 138 cm³/mol. The van der Waals surface area contributed by atoms with E-state index in [9.17, 15) is 4.79 Å². The van der Waals surface area contributed by atoms with E-state index in [0.29, 0.717) is 40.9 Å². The number of piperidine rings is 1. The van der Waals surface area contributed by atoms with Crippen LogP contribution in [0.4, 0.5) is 5.69 Å². The molecule has 2 aromatic rings. The third-order valence-electron chi connectivity index (χ3n) is 6.52. The molecule has 1 amide bonds. The Morgan fingerprint density at radius 3 is 2.66 bits per heavy atom. The molecule has 0 unspecified atom stereocenters. The zero-order valence-electron chi connectivity index (χ0n) is 21.1.